The number of hydrogen-bond acceptors (Lipinski definition) is 5. The van der Waals surface area contributed by atoms with Gasteiger partial charge in [-0.15, -0.1) is 0 Å². The minimum atomic E-state index is 0.252. The Kier molecular flexibility index (Phi) is 4.26. The molecule has 1 saturated heterocycles. The summed E-state index contributed by atoms with van der Waals surface area (Å²) in [5.74, 6) is 1.31. The van der Waals surface area contributed by atoms with Gasteiger partial charge in [0.05, 0.1) is 19.8 Å². The number of hydrogen-bond donors (Lipinski definition) is 1. The fourth-order valence-electron chi connectivity index (χ4n) is 2.88. The second-order valence-electron chi connectivity index (χ2n) is 6.16. The normalized spacial score (nSPS) is 16.8. The number of benzene rings is 1. The first-order valence-electron chi connectivity index (χ1n) is 7.78. The lowest BCUT2D eigenvalue weighted by atomic mass is 10.1. The lowest BCUT2D eigenvalue weighted by Gasteiger charge is -2.07. The van der Waals surface area contributed by atoms with Gasteiger partial charge in [-0.25, -0.2) is 4.98 Å². The molecule has 1 amide bonds. The Hall–Kier alpha value is -2.81. The molecule has 0 radical (unpaired) electrons. The monoisotopic (exact) mass is 325 g/mol. The summed E-state index contributed by atoms with van der Waals surface area (Å²) in [4.78, 5) is 14.7. The van der Waals surface area contributed by atoms with Gasteiger partial charge in [0.1, 0.15) is 11.8 Å². The van der Waals surface area contributed by atoms with Crippen molar-refractivity contribution in [1.29, 1.82) is 5.26 Å². The number of pyridine rings is 1. The molecule has 1 spiro atoms. The van der Waals surface area contributed by atoms with Crippen LogP contribution in [-0.2, 0) is 4.79 Å². The van der Waals surface area contributed by atoms with Gasteiger partial charge in [0, 0.05) is 24.5 Å². The molecule has 24 heavy (non-hydrogen) atoms. The highest BCUT2D eigenvalue weighted by atomic mass is 16.5. The van der Waals surface area contributed by atoms with Crippen LogP contribution in [-0.4, -0.2) is 31.7 Å². The molecule has 0 bridgehead atoms. The maximum Gasteiger partial charge on any atom is 0.221 e. The number of fused-ring (bicyclic) bond motifs is 1. The Labute approximate surface area is 140 Å². The number of ether oxygens (including phenoxy) is 2. The van der Waals surface area contributed by atoms with Crippen LogP contribution in [0.2, 0.25) is 0 Å². The first kappa shape index (κ1) is 16.1. The van der Waals surface area contributed by atoms with Crippen molar-refractivity contribution in [3.8, 4) is 17.7 Å². The fourth-order valence-corrected chi connectivity index (χ4v) is 2.88. The Morgan fingerprint density at radius 1 is 1.29 bits per heavy atom. The van der Waals surface area contributed by atoms with Crippen LogP contribution in [0.25, 0.3) is 10.8 Å². The topological polar surface area (TPSA) is 84.2 Å². The fraction of sp³-hybridized carbons (Fsp3) is 0.389. The molecule has 1 aliphatic heterocycles. The van der Waals surface area contributed by atoms with Gasteiger partial charge in [0.25, 0.3) is 0 Å². The summed E-state index contributed by atoms with van der Waals surface area (Å²) in [6, 6.07) is 7.45. The molecule has 1 saturated carbocycles. The zero-order valence-electron chi connectivity index (χ0n) is 13.8. The maximum absolute atomic E-state index is 10.6. The molecule has 1 N–H and O–H groups in total. The smallest absolute Gasteiger partial charge is 0.221 e. The SMILES string of the molecule is COc1cc2c(OC)nccc2cc1C#N.O=C1CC2(CC2)CN1. The van der Waals surface area contributed by atoms with E-state index in [1.165, 1.54) is 20.0 Å². The second kappa shape index (κ2) is 6.36. The van der Waals surface area contributed by atoms with Gasteiger partial charge >= 0.3 is 0 Å². The van der Waals surface area contributed by atoms with E-state index in [0.717, 1.165) is 23.7 Å². The molecule has 2 heterocycles. The van der Waals surface area contributed by atoms with Crippen molar-refractivity contribution in [1.82, 2.24) is 10.3 Å². The first-order valence-corrected chi connectivity index (χ1v) is 7.78. The minimum absolute atomic E-state index is 0.252. The highest BCUT2D eigenvalue weighted by Gasteiger charge is 2.48. The van der Waals surface area contributed by atoms with Crippen LogP contribution in [0.1, 0.15) is 24.8 Å². The largest absolute Gasteiger partial charge is 0.495 e. The Morgan fingerprint density at radius 2 is 2.08 bits per heavy atom. The predicted octanol–water partition coefficient (Wildman–Crippen LogP) is 2.41. The first-order chi connectivity index (χ1) is 11.6. The van der Waals surface area contributed by atoms with Gasteiger partial charge in [0.15, 0.2) is 0 Å². The number of nitrogens with zero attached hydrogens (tertiary/aromatic N) is 2. The molecule has 2 aromatic rings. The van der Waals surface area contributed by atoms with Crippen molar-refractivity contribution in [2.45, 2.75) is 19.3 Å². The van der Waals surface area contributed by atoms with Gasteiger partial charge in [-0.1, -0.05) is 0 Å². The number of amides is 1. The molecule has 0 atom stereocenters. The van der Waals surface area contributed by atoms with Crippen molar-refractivity contribution < 1.29 is 14.3 Å². The zero-order valence-corrected chi connectivity index (χ0v) is 13.8. The number of aromatic nitrogens is 1. The minimum Gasteiger partial charge on any atom is -0.495 e. The van der Waals surface area contributed by atoms with Crippen LogP contribution < -0.4 is 14.8 Å². The van der Waals surface area contributed by atoms with E-state index in [-0.39, 0.29) is 5.91 Å². The summed E-state index contributed by atoms with van der Waals surface area (Å²) in [7, 11) is 3.09. The maximum atomic E-state index is 10.6. The highest BCUT2D eigenvalue weighted by Crippen LogP contribution is 2.50. The molecule has 1 aromatic heterocycles. The Bertz CT molecular complexity index is 822. The van der Waals surface area contributed by atoms with E-state index in [9.17, 15) is 4.79 Å². The third kappa shape index (κ3) is 3.11. The predicted molar refractivity (Wildman–Crippen MR) is 88.9 cm³/mol. The molecule has 124 valence electrons. The highest BCUT2D eigenvalue weighted by molar-refractivity contribution is 5.89. The lowest BCUT2D eigenvalue weighted by Crippen LogP contribution is -2.13. The van der Waals surface area contributed by atoms with Crippen molar-refractivity contribution in [2.75, 3.05) is 20.8 Å². The van der Waals surface area contributed by atoms with Gasteiger partial charge in [0.2, 0.25) is 11.8 Å². The quantitative estimate of drug-likeness (QED) is 0.916. The van der Waals surface area contributed by atoms with Gasteiger partial charge in [-0.3, -0.25) is 4.79 Å². The number of methoxy groups -OCH3 is 2. The third-order valence-corrected chi connectivity index (χ3v) is 4.51. The van der Waals surface area contributed by atoms with Gasteiger partial charge < -0.3 is 14.8 Å². The van der Waals surface area contributed by atoms with E-state index in [1.807, 2.05) is 6.07 Å². The summed E-state index contributed by atoms with van der Waals surface area (Å²) >= 11 is 0. The van der Waals surface area contributed by atoms with Crippen LogP contribution in [0.5, 0.6) is 11.6 Å². The molecule has 1 aromatic carbocycles. The molecule has 6 nitrogen and oxygen atoms in total. The van der Waals surface area contributed by atoms with E-state index < -0.39 is 0 Å². The average Bonchev–Trinajstić information content (AvgIpc) is 3.27. The van der Waals surface area contributed by atoms with E-state index >= 15 is 0 Å². The summed E-state index contributed by atoms with van der Waals surface area (Å²) in [5, 5.41) is 13.5. The molecule has 2 fully saturated rings. The molecule has 4 rings (SSSR count). The van der Waals surface area contributed by atoms with Crippen LogP contribution >= 0.6 is 0 Å². The standard InChI is InChI=1S/C12H10N2O2.C6H9NO/c1-15-11-6-10-8(5-9(11)7-13)3-4-14-12(10)16-2;8-5-3-6(1-2-6)4-7-5/h3-6H,1-2H3;1-4H2,(H,7,8). The zero-order chi connectivity index (χ0) is 17.2. The van der Waals surface area contributed by atoms with Crippen LogP contribution in [0.4, 0.5) is 0 Å². The van der Waals surface area contributed by atoms with Gasteiger partial charge in [-0.05, 0) is 41.8 Å². The summed E-state index contributed by atoms with van der Waals surface area (Å²) < 4.78 is 10.3. The molecule has 2 aliphatic rings. The van der Waals surface area contributed by atoms with E-state index in [2.05, 4.69) is 16.4 Å². The number of nitrogens with one attached hydrogen (secondary N) is 1. The second-order valence-corrected chi connectivity index (χ2v) is 6.16. The summed E-state index contributed by atoms with van der Waals surface area (Å²) in [5.41, 5.74) is 0.958. The van der Waals surface area contributed by atoms with Crippen molar-refractivity contribution >= 4 is 16.7 Å². The number of carbonyl (C=O) groups excluding carboxylic acids is 1. The molecular weight excluding hydrogens is 306 g/mol. The van der Waals surface area contributed by atoms with Crippen molar-refractivity contribution in [2.24, 2.45) is 5.41 Å². The molecule has 6 heteroatoms. The van der Waals surface area contributed by atoms with Gasteiger partial charge in [-0.2, -0.15) is 5.26 Å². The van der Waals surface area contributed by atoms with Crippen molar-refractivity contribution in [3.05, 3.63) is 30.0 Å². The number of carbonyl (C=O) groups is 1. The Balaban J connectivity index is 0.000000175. The molecule has 1 aliphatic carbocycles. The van der Waals surface area contributed by atoms with E-state index in [0.29, 0.717) is 22.6 Å². The summed E-state index contributed by atoms with van der Waals surface area (Å²) in [6.45, 7) is 0.950. The number of nitriles is 1. The Morgan fingerprint density at radius 3 is 2.58 bits per heavy atom. The van der Waals surface area contributed by atoms with Crippen LogP contribution in [0, 0.1) is 16.7 Å². The molecule has 0 unspecified atom stereocenters. The van der Waals surface area contributed by atoms with Crippen molar-refractivity contribution in [3.63, 3.8) is 0 Å². The van der Waals surface area contributed by atoms with E-state index in [4.69, 9.17) is 14.7 Å². The molecular formula is C18H19N3O3. The van der Waals surface area contributed by atoms with Crippen LogP contribution in [0.15, 0.2) is 24.4 Å². The number of rotatable bonds is 2. The average molecular weight is 325 g/mol. The lowest BCUT2D eigenvalue weighted by molar-refractivity contribution is -0.119. The van der Waals surface area contributed by atoms with E-state index in [1.54, 1.807) is 25.4 Å². The summed E-state index contributed by atoms with van der Waals surface area (Å²) in [6.07, 6.45) is 4.99. The van der Waals surface area contributed by atoms with Crippen LogP contribution in [0.3, 0.4) is 0 Å². The third-order valence-electron chi connectivity index (χ3n) is 4.51.